The Balaban J connectivity index is 1.10. The summed E-state index contributed by atoms with van der Waals surface area (Å²) in [7, 11) is 0. The van der Waals surface area contributed by atoms with E-state index in [0.29, 0.717) is 18.5 Å². The first kappa shape index (κ1) is 21.7. The summed E-state index contributed by atoms with van der Waals surface area (Å²) in [6.45, 7) is 2.98. The van der Waals surface area contributed by atoms with E-state index >= 15 is 0 Å². The van der Waals surface area contributed by atoms with Crippen molar-refractivity contribution in [3.05, 3.63) is 71.4 Å². The number of aromatic nitrogens is 1. The quantitative estimate of drug-likeness (QED) is 0.577. The second-order valence-electron chi connectivity index (χ2n) is 9.47. The Bertz CT molecular complexity index is 1330. The summed E-state index contributed by atoms with van der Waals surface area (Å²) in [6, 6.07) is 15.3. The molecule has 6 rings (SSSR count). The Kier molecular flexibility index (Phi) is 5.45. The number of fused-ring (bicyclic) bond motifs is 2. The van der Waals surface area contributed by atoms with Crippen LogP contribution in [0.3, 0.4) is 0 Å². The van der Waals surface area contributed by atoms with Crippen molar-refractivity contribution in [3.8, 4) is 5.75 Å². The van der Waals surface area contributed by atoms with E-state index in [9.17, 15) is 14.4 Å². The number of ether oxygens (including phenoxy) is 1. The number of imide groups is 1. The molecule has 1 N–H and O–H groups in total. The molecule has 1 aromatic heterocycles. The Morgan fingerprint density at radius 1 is 1.06 bits per heavy atom. The van der Waals surface area contributed by atoms with E-state index in [1.807, 2.05) is 30.5 Å². The molecule has 0 saturated carbocycles. The van der Waals surface area contributed by atoms with Crippen molar-refractivity contribution in [1.82, 2.24) is 20.1 Å². The molecule has 1 unspecified atom stereocenters. The topological polar surface area (TPSA) is 91.8 Å². The number of hydrogen-bond donors (Lipinski definition) is 1. The van der Waals surface area contributed by atoms with Gasteiger partial charge in [0.15, 0.2) is 0 Å². The van der Waals surface area contributed by atoms with Crippen LogP contribution in [0.4, 0.5) is 0 Å². The highest BCUT2D eigenvalue weighted by molar-refractivity contribution is 6.05. The smallest absolute Gasteiger partial charge is 0.255 e. The number of amides is 3. The van der Waals surface area contributed by atoms with Crippen molar-refractivity contribution >= 4 is 28.6 Å². The van der Waals surface area contributed by atoms with Gasteiger partial charge < -0.3 is 9.64 Å². The average Bonchev–Trinajstić information content (AvgIpc) is 3.43. The van der Waals surface area contributed by atoms with Crippen molar-refractivity contribution in [3.63, 3.8) is 0 Å². The highest BCUT2D eigenvalue weighted by atomic mass is 16.5. The molecule has 0 aliphatic carbocycles. The van der Waals surface area contributed by atoms with Gasteiger partial charge in [-0.25, -0.2) is 0 Å². The summed E-state index contributed by atoms with van der Waals surface area (Å²) in [5.41, 5.74) is 3.73. The van der Waals surface area contributed by atoms with Crippen LogP contribution in [0.5, 0.6) is 5.75 Å². The van der Waals surface area contributed by atoms with Crippen molar-refractivity contribution in [1.29, 1.82) is 0 Å². The minimum Gasteiger partial charge on any atom is -0.489 e. The Morgan fingerprint density at radius 2 is 1.97 bits per heavy atom. The molecule has 2 saturated heterocycles. The van der Waals surface area contributed by atoms with Crippen LogP contribution in [0.15, 0.2) is 54.7 Å². The minimum atomic E-state index is -0.607. The van der Waals surface area contributed by atoms with Crippen LogP contribution in [0.25, 0.3) is 10.9 Å². The molecular weight excluding hydrogens is 444 g/mol. The van der Waals surface area contributed by atoms with E-state index in [1.165, 1.54) is 10.9 Å². The average molecular weight is 471 g/mol. The van der Waals surface area contributed by atoms with Crippen LogP contribution in [0, 0.1) is 0 Å². The second kappa shape index (κ2) is 8.78. The second-order valence-corrected chi connectivity index (χ2v) is 9.47. The van der Waals surface area contributed by atoms with E-state index in [0.717, 1.165) is 42.9 Å². The molecule has 2 aromatic carbocycles. The zero-order chi connectivity index (χ0) is 23.9. The maximum Gasteiger partial charge on any atom is 0.255 e. The lowest BCUT2D eigenvalue weighted by Crippen LogP contribution is -2.52. The largest absolute Gasteiger partial charge is 0.489 e. The number of carbonyl (C=O) groups excluding carboxylic acids is 3. The Morgan fingerprint density at radius 3 is 2.86 bits per heavy atom. The monoisotopic (exact) mass is 470 g/mol. The highest BCUT2D eigenvalue weighted by Gasteiger charge is 2.39. The number of nitrogens with one attached hydrogen (secondary N) is 1. The Labute approximate surface area is 202 Å². The molecule has 2 fully saturated rings. The summed E-state index contributed by atoms with van der Waals surface area (Å²) in [5.74, 6) is -0.110. The number of rotatable bonds is 5. The van der Waals surface area contributed by atoms with E-state index in [1.54, 1.807) is 11.0 Å². The molecule has 0 bridgehead atoms. The van der Waals surface area contributed by atoms with E-state index in [4.69, 9.17) is 4.74 Å². The number of nitrogens with zero attached hydrogens (tertiary/aromatic N) is 3. The summed E-state index contributed by atoms with van der Waals surface area (Å²) in [5, 5.41) is 3.52. The molecule has 3 aromatic rings. The third kappa shape index (κ3) is 4.14. The van der Waals surface area contributed by atoms with Crippen molar-refractivity contribution in [2.75, 3.05) is 13.1 Å². The molecule has 3 amide bonds. The van der Waals surface area contributed by atoms with Crippen molar-refractivity contribution < 1.29 is 19.1 Å². The minimum absolute atomic E-state index is 0.0736. The number of piperidine rings is 1. The van der Waals surface area contributed by atoms with Gasteiger partial charge in [-0.2, -0.15) is 0 Å². The highest BCUT2D eigenvalue weighted by Crippen LogP contribution is 2.31. The molecule has 178 valence electrons. The molecule has 35 heavy (non-hydrogen) atoms. The van der Waals surface area contributed by atoms with Crippen LogP contribution < -0.4 is 10.1 Å². The maximum absolute atomic E-state index is 12.9. The van der Waals surface area contributed by atoms with E-state index in [-0.39, 0.29) is 24.3 Å². The number of carbonyl (C=O) groups is 3. The third-order valence-corrected chi connectivity index (χ3v) is 7.16. The van der Waals surface area contributed by atoms with Crippen LogP contribution >= 0.6 is 0 Å². The predicted molar refractivity (Wildman–Crippen MR) is 129 cm³/mol. The summed E-state index contributed by atoms with van der Waals surface area (Å²) < 4.78 is 6.30. The van der Waals surface area contributed by atoms with Gasteiger partial charge in [-0.05, 0) is 54.3 Å². The molecule has 3 aliphatic rings. The standard InChI is InChI=1S/C27H26N4O4/c32-25-9-8-24(26(33)29-25)31-15-18-13-19(6-7-22(18)27(31)34)35-20-10-12-30(16-20)14-17-3-1-5-23-21(17)4-2-11-28-23/h1-7,11,13,20,24H,8-10,12,14-16H2,(H,29,32,33)/t20-,24?/m0/s1. The number of pyridine rings is 1. The van der Waals surface area contributed by atoms with Gasteiger partial charge in [-0.1, -0.05) is 18.2 Å². The van der Waals surface area contributed by atoms with Crippen LogP contribution in [0.1, 0.15) is 40.7 Å². The van der Waals surface area contributed by atoms with E-state index < -0.39 is 11.9 Å². The maximum atomic E-state index is 12.9. The summed E-state index contributed by atoms with van der Waals surface area (Å²) in [6.07, 6.45) is 3.43. The third-order valence-electron chi connectivity index (χ3n) is 7.16. The van der Waals surface area contributed by atoms with Gasteiger partial charge in [0, 0.05) is 49.7 Å². The van der Waals surface area contributed by atoms with Gasteiger partial charge in [-0.15, -0.1) is 0 Å². The molecule has 4 heterocycles. The van der Waals surface area contributed by atoms with Crippen molar-refractivity contribution in [2.24, 2.45) is 0 Å². The SMILES string of the molecule is O=C1CCC(N2Cc3cc(O[C@H]4CCN(Cc5cccc6ncccc56)C4)ccc3C2=O)C(=O)N1. The molecule has 0 radical (unpaired) electrons. The Hall–Kier alpha value is -3.78. The van der Waals surface area contributed by atoms with Crippen molar-refractivity contribution in [2.45, 2.75) is 44.5 Å². The summed E-state index contributed by atoms with van der Waals surface area (Å²) in [4.78, 5) is 45.0. The van der Waals surface area contributed by atoms with Gasteiger partial charge in [0.1, 0.15) is 17.9 Å². The van der Waals surface area contributed by atoms with Gasteiger partial charge in [0.05, 0.1) is 5.52 Å². The van der Waals surface area contributed by atoms with Gasteiger partial charge in [-0.3, -0.25) is 29.6 Å². The molecule has 0 spiro atoms. The van der Waals surface area contributed by atoms with Gasteiger partial charge in [0.25, 0.3) is 5.91 Å². The summed E-state index contributed by atoms with van der Waals surface area (Å²) >= 11 is 0. The lowest BCUT2D eigenvalue weighted by atomic mass is 10.0. The number of likely N-dealkylation sites (tertiary alicyclic amines) is 1. The number of hydrogen-bond acceptors (Lipinski definition) is 6. The van der Waals surface area contributed by atoms with Gasteiger partial charge in [0.2, 0.25) is 11.8 Å². The first-order valence-corrected chi connectivity index (χ1v) is 12.0. The molecule has 3 aliphatic heterocycles. The fraction of sp³-hybridized carbons (Fsp3) is 0.333. The molecule has 2 atom stereocenters. The van der Waals surface area contributed by atoms with Crippen LogP contribution in [-0.4, -0.2) is 57.7 Å². The predicted octanol–water partition coefficient (Wildman–Crippen LogP) is 2.65. The lowest BCUT2D eigenvalue weighted by Gasteiger charge is -2.29. The fourth-order valence-electron chi connectivity index (χ4n) is 5.40. The van der Waals surface area contributed by atoms with E-state index in [2.05, 4.69) is 33.4 Å². The number of benzene rings is 2. The zero-order valence-corrected chi connectivity index (χ0v) is 19.3. The van der Waals surface area contributed by atoms with Crippen LogP contribution in [-0.2, 0) is 22.7 Å². The first-order chi connectivity index (χ1) is 17.0. The molecule has 8 heteroatoms. The molecular formula is C27H26N4O4. The normalized spacial score (nSPS) is 22.5. The van der Waals surface area contributed by atoms with Gasteiger partial charge >= 0.3 is 0 Å². The zero-order valence-electron chi connectivity index (χ0n) is 19.3. The lowest BCUT2D eigenvalue weighted by molar-refractivity contribution is -0.136. The fourth-order valence-corrected chi connectivity index (χ4v) is 5.40. The molecule has 8 nitrogen and oxygen atoms in total. The van der Waals surface area contributed by atoms with Crippen LogP contribution in [0.2, 0.25) is 0 Å². The first-order valence-electron chi connectivity index (χ1n) is 12.0.